The number of nitrogens with zero attached hydrogens (tertiary/aromatic N) is 3. The molecule has 0 saturated heterocycles. The molecule has 0 spiro atoms. The molecular weight excluding hydrogens is 412 g/mol. The fourth-order valence-electron chi connectivity index (χ4n) is 2.61. The summed E-state index contributed by atoms with van der Waals surface area (Å²) in [5.74, 6) is 2.41. The van der Waals surface area contributed by atoms with Gasteiger partial charge in [-0.15, -0.1) is 0 Å². The molecule has 0 aliphatic rings. The van der Waals surface area contributed by atoms with Gasteiger partial charge in [-0.3, -0.25) is 0 Å². The van der Waals surface area contributed by atoms with Crippen molar-refractivity contribution in [3.8, 4) is 0 Å². The molecule has 0 bridgehead atoms. The van der Waals surface area contributed by atoms with Gasteiger partial charge in [0.1, 0.15) is 23.3 Å². The third kappa shape index (κ3) is 5.86. The summed E-state index contributed by atoms with van der Waals surface area (Å²) in [5, 5.41) is 6.58. The highest BCUT2D eigenvalue weighted by Gasteiger charge is 2.16. The predicted octanol–water partition coefficient (Wildman–Crippen LogP) is 3.28. The van der Waals surface area contributed by atoms with Crippen molar-refractivity contribution < 1.29 is 8.42 Å². The van der Waals surface area contributed by atoms with E-state index in [4.69, 9.17) is 11.6 Å². The number of hydrogen-bond donors (Lipinski definition) is 3. The predicted molar refractivity (Wildman–Crippen MR) is 114 cm³/mol. The van der Waals surface area contributed by atoms with Crippen molar-refractivity contribution in [2.45, 2.75) is 18.7 Å². The highest BCUT2D eigenvalue weighted by Crippen LogP contribution is 2.20. The molecule has 2 heterocycles. The Labute approximate surface area is 174 Å². The van der Waals surface area contributed by atoms with E-state index in [9.17, 15) is 8.42 Å². The number of aromatic nitrogens is 3. The third-order valence-corrected chi connectivity index (χ3v) is 5.76. The maximum Gasteiger partial charge on any atom is 0.240 e. The molecule has 0 amide bonds. The Hall–Kier alpha value is -2.75. The first kappa shape index (κ1) is 21.0. The molecule has 3 N–H and O–H groups in total. The number of halogens is 1. The van der Waals surface area contributed by atoms with Gasteiger partial charge < -0.3 is 10.6 Å². The minimum absolute atomic E-state index is 0.171. The van der Waals surface area contributed by atoms with Crippen LogP contribution < -0.4 is 15.4 Å². The molecule has 0 aliphatic carbocycles. The van der Waals surface area contributed by atoms with E-state index >= 15 is 0 Å². The van der Waals surface area contributed by atoms with Crippen LogP contribution in [0.4, 0.5) is 17.5 Å². The van der Waals surface area contributed by atoms with Crippen molar-refractivity contribution in [1.29, 1.82) is 0 Å². The van der Waals surface area contributed by atoms with Crippen LogP contribution in [0.3, 0.4) is 0 Å². The van der Waals surface area contributed by atoms with E-state index in [1.807, 2.05) is 18.2 Å². The van der Waals surface area contributed by atoms with E-state index in [-0.39, 0.29) is 11.4 Å². The molecule has 0 fully saturated rings. The zero-order valence-electron chi connectivity index (χ0n) is 16.0. The Morgan fingerprint density at radius 3 is 2.52 bits per heavy atom. The van der Waals surface area contributed by atoms with Gasteiger partial charge >= 0.3 is 0 Å². The Kier molecular flexibility index (Phi) is 6.63. The highest BCUT2D eigenvalue weighted by atomic mass is 35.5. The molecule has 1 aromatic carbocycles. The fraction of sp³-hybridized carbons (Fsp3) is 0.211. The largest absolute Gasteiger partial charge is 0.369 e. The van der Waals surface area contributed by atoms with Crippen molar-refractivity contribution >= 4 is 39.1 Å². The van der Waals surface area contributed by atoms with Crippen LogP contribution in [0.5, 0.6) is 0 Å². The molecule has 0 unspecified atom stereocenters. The van der Waals surface area contributed by atoms with E-state index < -0.39 is 10.0 Å². The number of rotatable bonds is 8. The fourth-order valence-corrected chi connectivity index (χ4v) is 4.14. The molecule has 0 radical (unpaired) electrons. The average molecular weight is 433 g/mol. The number of nitrogens with one attached hydrogen (secondary N) is 3. The summed E-state index contributed by atoms with van der Waals surface area (Å²) in [4.78, 5) is 13.0. The standard InChI is InChI=1S/C19H21ClN6O2S/c1-13-6-7-15(20)11-16(13)29(27,28)23-10-9-22-18-12-19(25-14(2)24-18)26-17-5-3-4-8-21-17/h3-8,11-12,23H,9-10H2,1-2H3,(H2,21,22,24,25,26). The first-order chi connectivity index (χ1) is 13.8. The van der Waals surface area contributed by atoms with Crippen LogP contribution in [0.25, 0.3) is 0 Å². The number of hydrogen-bond acceptors (Lipinski definition) is 7. The molecule has 29 heavy (non-hydrogen) atoms. The monoisotopic (exact) mass is 432 g/mol. The van der Waals surface area contributed by atoms with Gasteiger partial charge in [0.15, 0.2) is 0 Å². The molecule has 3 aromatic rings. The molecule has 10 heteroatoms. The van der Waals surface area contributed by atoms with Gasteiger partial charge in [0.05, 0.1) is 4.90 Å². The van der Waals surface area contributed by atoms with E-state index in [1.165, 1.54) is 6.07 Å². The van der Waals surface area contributed by atoms with E-state index in [0.29, 0.717) is 40.4 Å². The van der Waals surface area contributed by atoms with Crippen molar-refractivity contribution in [2.75, 3.05) is 23.7 Å². The summed E-state index contributed by atoms with van der Waals surface area (Å²) in [5.41, 5.74) is 0.631. The molecular formula is C19H21ClN6O2S. The lowest BCUT2D eigenvalue weighted by molar-refractivity contribution is 0.582. The van der Waals surface area contributed by atoms with Gasteiger partial charge in [-0.2, -0.15) is 0 Å². The number of aryl methyl sites for hydroxylation is 2. The van der Waals surface area contributed by atoms with Crippen molar-refractivity contribution in [3.05, 3.63) is 65.1 Å². The number of benzene rings is 1. The topological polar surface area (TPSA) is 109 Å². The second-order valence-electron chi connectivity index (χ2n) is 6.26. The Balaban J connectivity index is 1.60. The van der Waals surface area contributed by atoms with Gasteiger partial charge in [0.25, 0.3) is 0 Å². The SMILES string of the molecule is Cc1nc(NCCNS(=O)(=O)c2cc(Cl)ccc2C)cc(Nc2ccccn2)n1. The Morgan fingerprint density at radius 1 is 0.966 bits per heavy atom. The first-order valence-electron chi connectivity index (χ1n) is 8.87. The van der Waals surface area contributed by atoms with Crippen LogP contribution >= 0.6 is 11.6 Å². The normalized spacial score (nSPS) is 11.3. The third-order valence-electron chi connectivity index (χ3n) is 3.92. The van der Waals surface area contributed by atoms with E-state index in [2.05, 4.69) is 30.3 Å². The summed E-state index contributed by atoms with van der Waals surface area (Å²) in [6.07, 6.45) is 1.68. The molecule has 0 atom stereocenters. The molecule has 0 saturated carbocycles. The minimum Gasteiger partial charge on any atom is -0.369 e. The zero-order chi connectivity index (χ0) is 20.9. The lowest BCUT2D eigenvalue weighted by Gasteiger charge is -2.12. The second-order valence-corrected chi connectivity index (χ2v) is 8.43. The van der Waals surface area contributed by atoms with Crippen LogP contribution in [0.2, 0.25) is 5.02 Å². The first-order valence-corrected chi connectivity index (χ1v) is 10.7. The van der Waals surface area contributed by atoms with Crippen LogP contribution in [-0.2, 0) is 10.0 Å². The summed E-state index contributed by atoms with van der Waals surface area (Å²) < 4.78 is 27.5. The van der Waals surface area contributed by atoms with Gasteiger partial charge in [-0.1, -0.05) is 23.7 Å². The Bertz CT molecular complexity index is 1090. The minimum atomic E-state index is -3.65. The second kappa shape index (κ2) is 9.17. The molecule has 8 nitrogen and oxygen atoms in total. The summed E-state index contributed by atoms with van der Waals surface area (Å²) in [6, 6.07) is 12.0. The summed E-state index contributed by atoms with van der Waals surface area (Å²) in [6.45, 7) is 4.03. The molecule has 152 valence electrons. The Morgan fingerprint density at radius 2 is 1.76 bits per heavy atom. The van der Waals surface area contributed by atoms with Gasteiger partial charge in [0.2, 0.25) is 10.0 Å². The van der Waals surface area contributed by atoms with Crippen molar-refractivity contribution in [1.82, 2.24) is 19.7 Å². The average Bonchev–Trinajstić information content (AvgIpc) is 2.67. The quantitative estimate of drug-likeness (QED) is 0.468. The lowest BCUT2D eigenvalue weighted by Crippen LogP contribution is -2.29. The van der Waals surface area contributed by atoms with Crippen LogP contribution in [0, 0.1) is 13.8 Å². The molecule has 3 rings (SSSR count). The van der Waals surface area contributed by atoms with Gasteiger partial charge in [0, 0.05) is 30.4 Å². The van der Waals surface area contributed by atoms with Crippen molar-refractivity contribution in [3.63, 3.8) is 0 Å². The van der Waals surface area contributed by atoms with Crippen LogP contribution in [0.1, 0.15) is 11.4 Å². The number of anilines is 3. The smallest absolute Gasteiger partial charge is 0.240 e. The summed E-state index contributed by atoms with van der Waals surface area (Å²) >= 11 is 5.92. The lowest BCUT2D eigenvalue weighted by atomic mass is 10.2. The van der Waals surface area contributed by atoms with Crippen molar-refractivity contribution in [2.24, 2.45) is 0 Å². The number of pyridine rings is 1. The van der Waals surface area contributed by atoms with Gasteiger partial charge in [-0.05, 0) is 43.7 Å². The number of sulfonamides is 1. The van der Waals surface area contributed by atoms with Crippen LogP contribution in [0.15, 0.2) is 53.6 Å². The highest BCUT2D eigenvalue weighted by molar-refractivity contribution is 7.89. The van der Waals surface area contributed by atoms with Crippen LogP contribution in [-0.4, -0.2) is 36.5 Å². The maximum atomic E-state index is 12.5. The summed E-state index contributed by atoms with van der Waals surface area (Å²) in [7, 11) is -3.65. The zero-order valence-corrected chi connectivity index (χ0v) is 17.5. The maximum absolute atomic E-state index is 12.5. The van der Waals surface area contributed by atoms with E-state index in [1.54, 1.807) is 38.2 Å². The molecule has 2 aromatic heterocycles. The molecule has 0 aliphatic heterocycles. The van der Waals surface area contributed by atoms with E-state index in [0.717, 1.165) is 0 Å². The van der Waals surface area contributed by atoms with Gasteiger partial charge in [-0.25, -0.2) is 28.1 Å².